The molecule has 2 aromatic carbocycles. The summed E-state index contributed by atoms with van der Waals surface area (Å²) in [6.07, 6.45) is -10.8. The molecule has 0 amide bonds. The first-order valence-corrected chi connectivity index (χ1v) is 14.8. The fourth-order valence-corrected chi connectivity index (χ4v) is 4.44. The summed E-state index contributed by atoms with van der Waals surface area (Å²) in [5.74, 6) is -6.20. The van der Waals surface area contributed by atoms with E-state index in [4.69, 9.17) is 39.4 Å². The maximum Gasteiger partial charge on any atom is 0.490 e. The monoisotopic (exact) mass is 744 g/mol. The van der Waals surface area contributed by atoms with Gasteiger partial charge < -0.3 is 35.2 Å². The smallest absolute Gasteiger partial charge is 0.490 e. The van der Waals surface area contributed by atoms with Gasteiger partial charge in [-0.25, -0.2) is 19.4 Å². The van der Waals surface area contributed by atoms with Gasteiger partial charge in [0.25, 0.3) is 0 Å². The topological polar surface area (TPSA) is 153 Å². The number of carbonyl (C=O) groups is 3. The Hall–Kier alpha value is -4.85. The number of ether oxygens (including phenoxy) is 1. The molecule has 2 aliphatic rings. The largest absolute Gasteiger partial charge is 0.490 e. The summed E-state index contributed by atoms with van der Waals surface area (Å²) < 4.78 is 101. The molecule has 0 unspecified atom stereocenters. The summed E-state index contributed by atoms with van der Waals surface area (Å²) in [5, 5.41) is 27.2. The highest BCUT2D eigenvalue weighted by molar-refractivity contribution is 5.95. The SMILES string of the molecule is CN1CCN(c2nccc3cc(-c4ccc(OC5CCNCC5)cc4)ccc23)CC1.O=C(O)C(F)(F)F.O=C(O)C(F)(F)F.O=C(O)C(F)(F)F. The molecule has 3 aromatic rings. The number of likely N-dealkylation sites (N-methyl/N-ethyl adjacent to an activating group) is 1. The number of alkyl halides is 9. The van der Waals surface area contributed by atoms with Gasteiger partial charge in [0.05, 0.1) is 0 Å². The Kier molecular flexibility index (Phi) is 15.3. The molecule has 3 heterocycles. The van der Waals surface area contributed by atoms with Crippen LogP contribution in [0.2, 0.25) is 0 Å². The van der Waals surface area contributed by atoms with Crippen molar-refractivity contribution in [2.75, 3.05) is 51.2 Å². The Labute approximate surface area is 284 Å². The molecule has 2 aliphatic heterocycles. The lowest BCUT2D eigenvalue weighted by Crippen LogP contribution is -2.44. The van der Waals surface area contributed by atoms with Gasteiger partial charge in [0.1, 0.15) is 17.7 Å². The summed E-state index contributed by atoms with van der Waals surface area (Å²) in [6, 6.07) is 17.4. The minimum atomic E-state index is -5.08. The molecule has 0 atom stereocenters. The Morgan fingerprint density at radius 2 is 1.18 bits per heavy atom. The fourth-order valence-electron chi connectivity index (χ4n) is 4.44. The summed E-state index contributed by atoms with van der Waals surface area (Å²) >= 11 is 0. The Bertz CT molecular complexity index is 1530. The van der Waals surface area contributed by atoms with Crippen LogP contribution in [0.4, 0.5) is 45.3 Å². The second-order valence-corrected chi connectivity index (χ2v) is 10.9. The Morgan fingerprint density at radius 1 is 0.725 bits per heavy atom. The van der Waals surface area contributed by atoms with E-state index in [0.29, 0.717) is 6.10 Å². The third kappa shape index (κ3) is 14.5. The molecule has 51 heavy (non-hydrogen) atoms. The predicted molar refractivity (Wildman–Crippen MR) is 164 cm³/mol. The van der Waals surface area contributed by atoms with Crippen LogP contribution in [0, 0.1) is 0 Å². The molecule has 2 fully saturated rings. The number of rotatable bonds is 4. The summed E-state index contributed by atoms with van der Waals surface area (Å²) in [4.78, 5) is 36.2. The van der Waals surface area contributed by atoms with Crippen LogP contribution < -0.4 is 15.0 Å². The van der Waals surface area contributed by atoms with Gasteiger partial charge in [0.2, 0.25) is 0 Å². The maximum atomic E-state index is 10.6. The number of halogens is 9. The van der Waals surface area contributed by atoms with Gasteiger partial charge >= 0.3 is 36.4 Å². The standard InChI is InChI=1S/C25H30N4O.3C2HF3O2/c1-28-14-16-29(17-15-28)25-24-7-4-20(18-21(24)8-13-27-25)19-2-5-22(6-3-19)30-23-9-11-26-12-10-23;3*3-2(4,5)1(6)7/h2-8,13,18,23,26H,9-12,14-17H2,1H3;3*(H,6,7). The fraction of sp³-hybridized carbons (Fsp3) is 0.419. The zero-order chi connectivity index (χ0) is 38.6. The molecule has 0 saturated carbocycles. The van der Waals surface area contributed by atoms with Crippen molar-refractivity contribution in [1.82, 2.24) is 15.2 Å². The normalized spacial score (nSPS) is 15.6. The summed E-state index contributed by atoms with van der Waals surface area (Å²) in [5.41, 5.74) is 2.44. The number of hydrogen-bond acceptors (Lipinski definition) is 8. The number of nitrogens with one attached hydrogen (secondary N) is 1. The van der Waals surface area contributed by atoms with E-state index in [1.54, 1.807) is 0 Å². The number of aliphatic carboxylic acids is 3. The van der Waals surface area contributed by atoms with Crippen molar-refractivity contribution < 1.29 is 74.0 Å². The van der Waals surface area contributed by atoms with Crippen molar-refractivity contribution in [3.05, 3.63) is 54.7 Å². The second-order valence-electron chi connectivity index (χ2n) is 10.9. The number of hydrogen-bond donors (Lipinski definition) is 4. The third-order valence-corrected chi connectivity index (χ3v) is 7.05. The van der Waals surface area contributed by atoms with Crippen LogP contribution in [0.25, 0.3) is 21.9 Å². The number of aromatic nitrogens is 1. The van der Waals surface area contributed by atoms with Gasteiger partial charge in [-0.15, -0.1) is 0 Å². The molecule has 0 spiro atoms. The molecule has 20 heteroatoms. The lowest BCUT2D eigenvalue weighted by atomic mass is 10.0. The number of anilines is 1. The van der Waals surface area contributed by atoms with Gasteiger partial charge in [-0.2, -0.15) is 39.5 Å². The lowest BCUT2D eigenvalue weighted by Gasteiger charge is -2.33. The van der Waals surface area contributed by atoms with Gasteiger partial charge in [0, 0.05) is 37.8 Å². The predicted octanol–water partition coefficient (Wildman–Crippen LogP) is 5.68. The summed E-state index contributed by atoms with van der Waals surface area (Å²) in [7, 11) is 2.18. The minimum Gasteiger partial charge on any atom is -0.490 e. The van der Waals surface area contributed by atoms with Crippen LogP contribution in [-0.4, -0.2) is 114 Å². The Balaban J connectivity index is 0.000000352. The summed E-state index contributed by atoms with van der Waals surface area (Å²) in [6.45, 7) is 6.32. The van der Waals surface area contributed by atoms with Gasteiger partial charge in [-0.1, -0.05) is 24.3 Å². The lowest BCUT2D eigenvalue weighted by molar-refractivity contribution is -0.193. The molecule has 5 rings (SSSR count). The van der Waals surface area contributed by atoms with Crippen molar-refractivity contribution in [2.45, 2.75) is 37.5 Å². The Morgan fingerprint density at radius 3 is 1.63 bits per heavy atom. The van der Waals surface area contributed by atoms with Crippen molar-refractivity contribution in [2.24, 2.45) is 0 Å². The van der Waals surface area contributed by atoms with E-state index in [-0.39, 0.29) is 0 Å². The van der Waals surface area contributed by atoms with E-state index in [9.17, 15) is 39.5 Å². The third-order valence-electron chi connectivity index (χ3n) is 7.05. The first-order chi connectivity index (χ1) is 23.6. The molecule has 282 valence electrons. The van der Waals surface area contributed by atoms with Gasteiger partial charge in [-0.05, 0) is 73.8 Å². The van der Waals surface area contributed by atoms with E-state index in [1.165, 1.54) is 21.9 Å². The van der Waals surface area contributed by atoms with E-state index < -0.39 is 36.4 Å². The van der Waals surface area contributed by atoms with Crippen LogP contribution in [0.15, 0.2) is 54.7 Å². The number of fused-ring (bicyclic) bond motifs is 1. The molecule has 0 bridgehead atoms. The number of nitrogens with zero attached hydrogens (tertiary/aromatic N) is 3. The number of pyridine rings is 1. The second kappa shape index (κ2) is 18.4. The first-order valence-electron chi connectivity index (χ1n) is 14.8. The van der Waals surface area contributed by atoms with Crippen molar-refractivity contribution >= 4 is 34.5 Å². The molecule has 0 aliphatic carbocycles. The van der Waals surface area contributed by atoms with Gasteiger partial charge in [-0.3, -0.25) is 0 Å². The zero-order valence-electron chi connectivity index (χ0n) is 26.6. The van der Waals surface area contributed by atoms with Gasteiger partial charge in [0.15, 0.2) is 0 Å². The molecule has 2 saturated heterocycles. The first kappa shape index (κ1) is 42.3. The number of carboxylic acid groups (broad SMARTS) is 3. The highest BCUT2D eigenvalue weighted by atomic mass is 19.4. The molecular formula is C31H33F9N4O7. The number of carboxylic acids is 3. The quantitative estimate of drug-likeness (QED) is 0.244. The van der Waals surface area contributed by atoms with Crippen molar-refractivity contribution in [3.8, 4) is 16.9 Å². The number of benzene rings is 2. The maximum absolute atomic E-state index is 10.6. The van der Waals surface area contributed by atoms with E-state index in [2.05, 4.69) is 70.7 Å². The van der Waals surface area contributed by atoms with Crippen LogP contribution in [0.5, 0.6) is 5.75 Å². The highest BCUT2D eigenvalue weighted by Gasteiger charge is 2.39. The molecule has 0 radical (unpaired) electrons. The van der Waals surface area contributed by atoms with Crippen LogP contribution in [-0.2, 0) is 14.4 Å². The molecule has 4 N–H and O–H groups in total. The minimum absolute atomic E-state index is 0.332. The average molecular weight is 745 g/mol. The van der Waals surface area contributed by atoms with Crippen LogP contribution in [0.1, 0.15) is 12.8 Å². The van der Waals surface area contributed by atoms with Crippen molar-refractivity contribution in [1.29, 1.82) is 0 Å². The number of piperidine rings is 1. The van der Waals surface area contributed by atoms with E-state index >= 15 is 0 Å². The molecule has 1 aromatic heterocycles. The molecule has 11 nitrogen and oxygen atoms in total. The van der Waals surface area contributed by atoms with Crippen molar-refractivity contribution in [3.63, 3.8) is 0 Å². The molecular weight excluding hydrogens is 711 g/mol. The van der Waals surface area contributed by atoms with Crippen LogP contribution >= 0.6 is 0 Å². The zero-order valence-corrected chi connectivity index (χ0v) is 26.6. The average Bonchev–Trinajstić information content (AvgIpc) is 3.05. The number of piperazine rings is 1. The van der Waals surface area contributed by atoms with E-state index in [0.717, 1.165) is 63.7 Å². The highest BCUT2D eigenvalue weighted by Crippen LogP contribution is 2.31. The van der Waals surface area contributed by atoms with Crippen LogP contribution in [0.3, 0.4) is 0 Å². The van der Waals surface area contributed by atoms with E-state index in [1.807, 2.05) is 6.20 Å².